The lowest BCUT2D eigenvalue weighted by molar-refractivity contribution is -0.688. The lowest BCUT2D eigenvalue weighted by Crippen LogP contribution is -2.47. The fraction of sp³-hybridized carbons (Fsp3) is 0.241. The lowest BCUT2D eigenvalue weighted by Gasteiger charge is -2.26. The molecule has 0 amide bonds. The van der Waals surface area contributed by atoms with Crippen LogP contribution in [0.25, 0.3) is 22.4 Å². The number of pyridine rings is 2. The van der Waals surface area contributed by atoms with Crippen molar-refractivity contribution in [3.05, 3.63) is 108 Å². The molecular formula is C29H29N2+. The molecule has 2 aromatic carbocycles. The van der Waals surface area contributed by atoms with E-state index < -0.39 is 0 Å². The number of hydrogen-bond donors (Lipinski definition) is 0. The Labute approximate surface area is 185 Å². The molecule has 0 fully saturated rings. The Bertz CT molecular complexity index is 1220. The van der Waals surface area contributed by atoms with Crippen molar-refractivity contribution in [3.8, 4) is 22.4 Å². The van der Waals surface area contributed by atoms with Gasteiger partial charge in [-0.25, -0.2) is 0 Å². The smallest absolute Gasteiger partial charge is 0.217 e. The maximum Gasteiger partial charge on any atom is 0.217 e. The highest BCUT2D eigenvalue weighted by Gasteiger charge is 2.35. The Kier molecular flexibility index (Phi) is 4.94. The summed E-state index contributed by atoms with van der Waals surface area (Å²) in [5, 5.41) is 0. The van der Waals surface area contributed by atoms with Crippen LogP contribution in [0, 0.1) is 0 Å². The van der Waals surface area contributed by atoms with Crippen LogP contribution in [0.5, 0.6) is 0 Å². The third kappa shape index (κ3) is 3.67. The normalized spacial score (nSPS) is 12.9. The number of nitrogens with zero attached hydrogens (tertiary/aromatic N) is 2. The molecule has 2 nitrogen and oxygen atoms in total. The fourth-order valence-corrected chi connectivity index (χ4v) is 4.84. The van der Waals surface area contributed by atoms with Gasteiger partial charge in [-0.3, -0.25) is 4.98 Å². The zero-order valence-corrected chi connectivity index (χ0v) is 18.6. The third-order valence-electron chi connectivity index (χ3n) is 6.29. The van der Waals surface area contributed by atoms with Crippen LogP contribution in [-0.4, -0.2) is 4.98 Å². The van der Waals surface area contributed by atoms with Crippen molar-refractivity contribution in [2.75, 3.05) is 0 Å². The molecule has 2 heterocycles. The van der Waals surface area contributed by atoms with Crippen LogP contribution in [0.15, 0.2) is 85.2 Å². The Morgan fingerprint density at radius 1 is 0.839 bits per heavy atom. The molecular weight excluding hydrogens is 376 g/mol. The number of aromatic nitrogens is 2. The van der Waals surface area contributed by atoms with Crippen LogP contribution in [0.2, 0.25) is 0 Å². The van der Waals surface area contributed by atoms with Gasteiger partial charge in [0.1, 0.15) is 0 Å². The first-order valence-corrected chi connectivity index (χ1v) is 11.1. The molecule has 1 aliphatic rings. The molecule has 0 saturated heterocycles. The zero-order chi connectivity index (χ0) is 21.4. The van der Waals surface area contributed by atoms with E-state index in [-0.39, 0.29) is 5.41 Å². The Balaban J connectivity index is 1.85. The Hall–Kier alpha value is -3.26. The summed E-state index contributed by atoms with van der Waals surface area (Å²) in [7, 11) is 0. The SMILES string of the molecule is CC(C)(C)c1cc(-c2ccccc2)c2c([n+]1Cc1cccnc1)-c1ccccc1CC2. The number of aryl methyl sites for hydroxylation is 1. The quantitative estimate of drug-likeness (QED) is 0.374. The van der Waals surface area contributed by atoms with E-state index in [2.05, 4.69) is 97.1 Å². The van der Waals surface area contributed by atoms with Gasteiger partial charge in [0.05, 0.1) is 0 Å². The van der Waals surface area contributed by atoms with Crippen molar-refractivity contribution < 1.29 is 4.57 Å². The lowest BCUT2D eigenvalue weighted by atomic mass is 9.81. The molecule has 1 aliphatic carbocycles. The molecule has 0 saturated carbocycles. The fourth-order valence-electron chi connectivity index (χ4n) is 4.84. The minimum atomic E-state index is 0.00710. The number of fused-ring (bicyclic) bond motifs is 3. The first kappa shape index (κ1) is 19.7. The average Bonchev–Trinajstić information content (AvgIpc) is 2.79. The zero-order valence-electron chi connectivity index (χ0n) is 18.6. The number of rotatable bonds is 3. The van der Waals surface area contributed by atoms with Gasteiger partial charge in [-0.15, -0.1) is 0 Å². The highest BCUT2D eigenvalue weighted by atomic mass is 15.0. The van der Waals surface area contributed by atoms with Gasteiger partial charge in [0.2, 0.25) is 5.69 Å². The molecule has 0 spiro atoms. The molecule has 0 unspecified atom stereocenters. The van der Waals surface area contributed by atoms with Crippen LogP contribution in [0.1, 0.15) is 43.2 Å². The van der Waals surface area contributed by atoms with E-state index in [0.717, 1.165) is 19.4 Å². The van der Waals surface area contributed by atoms with Gasteiger partial charge in [-0.05, 0) is 47.7 Å². The number of hydrogen-bond acceptors (Lipinski definition) is 1. The summed E-state index contributed by atoms with van der Waals surface area (Å²) >= 11 is 0. The molecule has 2 aromatic heterocycles. The predicted octanol–water partition coefficient (Wildman–Crippen LogP) is 6.15. The van der Waals surface area contributed by atoms with Crippen molar-refractivity contribution in [2.45, 2.75) is 45.6 Å². The van der Waals surface area contributed by atoms with Gasteiger partial charge in [0.15, 0.2) is 12.2 Å². The van der Waals surface area contributed by atoms with Crippen LogP contribution in [0.4, 0.5) is 0 Å². The standard InChI is InChI=1S/C29H29N2/c1-29(2,3)27-18-26(22-11-5-4-6-12-22)25-16-15-23-13-7-8-14-24(23)28(25)31(27)20-21-10-9-17-30-19-21/h4-14,17-19H,15-16,20H2,1-3H3/q+1. The monoisotopic (exact) mass is 405 g/mol. The van der Waals surface area contributed by atoms with Crippen molar-refractivity contribution in [2.24, 2.45) is 0 Å². The van der Waals surface area contributed by atoms with Crippen molar-refractivity contribution in [1.29, 1.82) is 0 Å². The Morgan fingerprint density at radius 2 is 1.61 bits per heavy atom. The summed E-state index contributed by atoms with van der Waals surface area (Å²) in [6, 6.07) is 26.5. The maximum absolute atomic E-state index is 4.38. The largest absolute Gasteiger partial charge is 0.264 e. The van der Waals surface area contributed by atoms with E-state index in [1.807, 2.05) is 18.5 Å². The van der Waals surface area contributed by atoms with Crippen molar-refractivity contribution in [1.82, 2.24) is 4.98 Å². The summed E-state index contributed by atoms with van der Waals surface area (Å²) < 4.78 is 2.55. The first-order valence-electron chi connectivity index (χ1n) is 11.1. The molecule has 4 aromatic rings. The highest BCUT2D eigenvalue weighted by molar-refractivity contribution is 5.78. The van der Waals surface area contributed by atoms with E-state index in [9.17, 15) is 0 Å². The molecule has 0 radical (unpaired) electrons. The van der Waals surface area contributed by atoms with E-state index >= 15 is 0 Å². The number of benzene rings is 2. The predicted molar refractivity (Wildman–Crippen MR) is 127 cm³/mol. The van der Waals surface area contributed by atoms with E-state index in [1.54, 1.807) is 0 Å². The summed E-state index contributed by atoms with van der Waals surface area (Å²) in [6.45, 7) is 7.78. The van der Waals surface area contributed by atoms with E-state index in [0.29, 0.717) is 0 Å². The van der Waals surface area contributed by atoms with Crippen LogP contribution in [0.3, 0.4) is 0 Å². The molecule has 0 N–H and O–H groups in total. The molecule has 0 aliphatic heterocycles. The van der Waals surface area contributed by atoms with Crippen LogP contribution in [-0.2, 0) is 24.8 Å². The molecule has 154 valence electrons. The highest BCUT2D eigenvalue weighted by Crippen LogP contribution is 2.39. The van der Waals surface area contributed by atoms with Gasteiger partial charge in [0, 0.05) is 40.6 Å². The maximum atomic E-state index is 4.38. The van der Waals surface area contributed by atoms with Gasteiger partial charge in [0.25, 0.3) is 0 Å². The van der Waals surface area contributed by atoms with E-state index in [4.69, 9.17) is 0 Å². The van der Waals surface area contributed by atoms with Gasteiger partial charge in [-0.1, -0.05) is 69.3 Å². The Morgan fingerprint density at radius 3 is 2.35 bits per heavy atom. The topological polar surface area (TPSA) is 16.8 Å². The van der Waals surface area contributed by atoms with Gasteiger partial charge < -0.3 is 0 Å². The second-order valence-corrected chi connectivity index (χ2v) is 9.49. The first-order chi connectivity index (χ1) is 15.0. The second-order valence-electron chi connectivity index (χ2n) is 9.49. The second kappa shape index (κ2) is 7.77. The molecule has 5 rings (SSSR count). The average molecular weight is 406 g/mol. The minimum absolute atomic E-state index is 0.00710. The molecule has 31 heavy (non-hydrogen) atoms. The molecule has 0 atom stereocenters. The van der Waals surface area contributed by atoms with Crippen LogP contribution >= 0.6 is 0 Å². The van der Waals surface area contributed by atoms with Crippen molar-refractivity contribution >= 4 is 0 Å². The summed E-state index contributed by atoms with van der Waals surface area (Å²) in [6.07, 6.45) is 5.99. The van der Waals surface area contributed by atoms with Gasteiger partial charge >= 0.3 is 0 Å². The minimum Gasteiger partial charge on any atom is -0.264 e. The summed E-state index contributed by atoms with van der Waals surface area (Å²) in [5.41, 5.74) is 10.9. The molecule has 0 bridgehead atoms. The van der Waals surface area contributed by atoms with E-state index in [1.165, 1.54) is 44.8 Å². The van der Waals surface area contributed by atoms with Crippen LogP contribution < -0.4 is 4.57 Å². The summed E-state index contributed by atoms with van der Waals surface area (Å²) in [4.78, 5) is 4.38. The molecule has 2 heteroatoms. The summed E-state index contributed by atoms with van der Waals surface area (Å²) in [5.74, 6) is 0. The third-order valence-corrected chi connectivity index (χ3v) is 6.29. The van der Waals surface area contributed by atoms with Gasteiger partial charge in [-0.2, -0.15) is 4.57 Å². The van der Waals surface area contributed by atoms with Crippen molar-refractivity contribution in [3.63, 3.8) is 0 Å².